The number of carbonyl (C=O) groups excluding carboxylic acids is 2. The smallest absolute Gasteiger partial charge is 0.329 e. The van der Waals surface area contributed by atoms with Crippen LogP contribution in [0.5, 0.6) is 5.75 Å². The maximum atomic E-state index is 13.9. The summed E-state index contributed by atoms with van der Waals surface area (Å²) in [6, 6.07) is 10.1. The fraction of sp³-hybridized carbons (Fsp3) is 0.375. The minimum atomic E-state index is -3.43. The van der Waals surface area contributed by atoms with Crippen molar-refractivity contribution in [2.24, 2.45) is 0 Å². The summed E-state index contributed by atoms with van der Waals surface area (Å²) in [4.78, 5) is 35.4. The molecule has 2 aromatic carbocycles. The number of hydrogen-bond acceptors (Lipinski definition) is 9. The lowest BCUT2D eigenvalue weighted by Crippen LogP contribution is -2.45. The van der Waals surface area contributed by atoms with Crippen LogP contribution in [0.3, 0.4) is 0 Å². The molecule has 1 amide bonds. The molecule has 1 unspecified atom stereocenters. The zero-order valence-corrected chi connectivity index (χ0v) is 27.2. The van der Waals surface area contributed by atoms with Crippen LogP contribution in [0.1, 0.15) is 59.8 Å². The third kappa shape index (κ3) is 10.8. The lowest BCUT2D eigenvalue weighted by molar-refractivity contribution is -0.157. The number of amides is 1. The standard InChI is InChI=1S/C32H37FN4O6S2/c1-32(2,3)43-31(39)27(13-18-45(4,40)41)36-29(38)26-19-25(12-9-23(26)8-5-22-6-10-24(33)11-7-22)42-28(30-35-15-17-44-30)20-37-16-14-34-21-37/h6-7,9-12,14-17,19,21,27-28H,5,8,13,18,20H2,1-4H3,(H,36,38)/t27-,28?/m0/s1. The van der Waals surface area contributed by atoms with Gasteiger partial charge in [0.25, 0.3) is 5.91 Å². The van der Waals surface area contributed by atoms with Crippen molar-refractivity contribution >= 4 is 33.1 Å². The lowest BCUT2D eigenvalue weighted by Gasteiger charge is -2.25. The number of thiazole rings is 1. The van der Waals surface area contributed by atoms with Crippen molar-refractivity contribution in [3.8, 4) is 5.75 Å². The molecule has 0 spiro atoms. The molecule has 4 rings (SSSR count). The predicted octanol–water partition coefficient (Wildman–Crippen LogP) is 4.96. The van der Waals surface area contributed by atoms with Gasteiger partial charge in [-0.05, 0) is 75.4 Å². The zero-order valence-electron chi connectivity index (χ0n) is 25.6. The number of aromatic nitrogens is 3. The Balaban J connectivity index is 1.64. The van der Waals surface area contributed by atoms with Crippen LogP contribution < -0.4 is 10.1 Å². The molecule has 0 aliphatic rings. The molecule has 0 radical (unpaired) electrons. The van der Waals surface area contributed by atoms with E-state index in [1.54, 1.807) is 69.8 Å². The molecule has 240 valence electrons. The van der Waals surface area contributed by atoms with E-state index in [4.69, 9.17) is 9.47 Å². The number of benzene rings is 2. The van der Waals surface area contributed by atoms with E-state index in [9.17, 15) is 22.4 Å². The monoisotopic (exact) mass is 656 g/mol. The first-order valence-corrected chi connectivity index (χ1v) is 17.3. The van der Waals surface area contributed by atoms with Crippen molar-refractivity contribution in [1.29, 1.82) is 0 Å². The second kappa shape index (κ2) is 14.8. The number of nitrogens with one attached hydrogen (secondary N) is 1. The SMILES string of the molecule is CC(C)(C)OC(=O)[C@H](CCS(C)(=O)=O)NC(=O)c1cc(OC(Cn2ccnc2)c2nccs2)ccc1CCc1ccc(F)cc1. The van der Waals surface area contributed by atoms with Gasteiger partial charge in [0.2, 0.25) is 0 Å². The van der Waals surface area contributed by atoms with E-state index in [-0.39, 0.29) is 23.6 Å². The Bertz CT molecular complexity index is 1670. The van der Waals surface area contributed by atoms with Crippen LogP contribution in [0.4, 0.5) is 4.39 Å². The Hall–Kier alpha value is -4.10. The molecular formula is C32H37FN4O6S2. The Morgan fingerprint density at radius 1 is 1.09 bits per heavy atom. The molecule has 0 aliphatic heterocycles. The molecule has 2 atom stereocenters. The van der Waals surface area contributed by atoms with Gasteiger partial charge in [0.1, 0.15) is 38.1 Å². The highest BCUT2D eigenvalue weighted by molar-refractivity contribution is 7.90. The number of ether oxygens (including phenoxy) is 2. The lowest BCUT2D eigenvalue weighted by atomic mass is 9.98. The minimum absolute atomic E-state index is 0.155. The Morgan fingerprint density at radius 2 is 1.84 bits per heavy atom. The van der Waals surface area contributed by atoms with Gasteiger partial charge in [-0.1, -0.05) is 18.2 Å². The molecule has 4 aromatic rings. The van der Waals surface area contributed by atoms with Gasteiger partial charge in [0, 0.05) is 35.8 Å². The van der Waals surface area contributed by atoms with Crippen LogP contribution in [0.25, 0.3) is 0 Å². The van der Waals surface area contributed by atoms with Gasteiger partial charge in [-0.2, -0.15) is 0 Å². The largest absolute Gasteiger partial charge is 0.481 e. The summed E-state index contributed by atoms with van der Waals surface area (Å²) in [5.74, 6) is -1.58. The van der Waals surface area contributed by atoms with Crippen LogP contribution in [0, 0.1) is 5.82 Å². The second-order valence-electron chi connectivity index (χ2n) is 11.7. The van der Waals surface area contributed by atoms with Crippen molar-refractivity contribution in [3.05, 3.63) is 100 Å². The van der Waals surface area contributed by atoms with E-state index in [0.29, 0.717) is 30.7 Å². The Kier molecular flexibility index (Phi) is 11.1. The van der Waals surface area contributed by atoms with E-state index in [2.05, 4.69) is 15.3 Å². The molecule has 13 heteroatoms. The van der Waals surface area contributed by atoms with Crippen molar-refractivity contribution in [2.75, 3.05) is 12.0 Å². The van der Waals surface area contributed by atoms with Gasteiger partial charge >= 0.3 is 5.97 Å². The van der Waals surface area contributed by atoms with Crippen LogP contribution in [0.2, 0.25) is 0 Å². The number of nitrogens with zero attached hydrogens (tertiary/aromatic N) is 3. The van der Waals surface area contributed by atoms with E-state index in [0.717, 1.165) is 16.8 Å². The highest BCUT2D eigenvalue weighted by atomic mass is 32.2. The minimum Gasteiger partial charge on any atom is -0.481 e. The average Bonchev–Trinajstić information content (AvgIpc) is 3.68. The first kappa shape index (κ1) is 33.8. The van der Waals surface area contributed by atoms with Gasteiger partial charge in [-0.25, -0.2) is 27.6 Å². The normalized spacial score (nSPS) is 13.2. The fourth-order valence-electron chi connectivity index (χ4n) is 4.49. The number of aryl methyl sites for hydroxylation is 2. The van der Waals surface area contributed by atoms with Gasteiger partial charge < -0.3 is 19.4 Å². The number of rotatable bonds is 14. The summed E-state index contributed by atoms with van der Waals surface area (Å²) in [7, 11) is -3.43. The molecule has 0 aliphatic carbocycles. The second-order valence-corrected chi connectivity index (χ2v) is 14.8. The van der Waals surface area contributed by atoms with Crippen molar-refractivity contribution in [1.82, 2.24) is 19.9 Å². The molecule has 2 heterocycles. The first-order chi connectivity index (χ1) is 21.3. The maximum Gasteiger partial charge on any atom is 0.329 e. The van der Waals surface area contributed by atoms with Crippen molar-refractivity contribution in [3.63, 3.8) is 0 Å². The number of esters is 1. The number of carbonyl (C=O) groups is 2. The van der Waals surface area contributed by atoms with E-state index >= 15 is 0 Å². The third-order valence-corrected chi connectivity index (χ3v) is 8.48. The summed E-state index contributed by atoms with van der Waals surface area (Å²) in [5.41, 5.74) is 0.949. The summed E-state index contributed by atoms with van der Waals surface area (Å²) >= 11 is 1.44. The molecule has 0 fully saturated rings. The topological polar surface area (TPSA) is 129 Å². The summed E-state index contributed by atoms with van der Waals surface area (Å²) in [6.45, 7) is 5.50. The highest BCUT2D eigenvalue weighted by Gasteiger charge is 2.29. The van der Waals surface area contributed by atoms with Gasteiger partial charge in [0.15, 0.2) is 6.10 Å². The summed E-state index contributed by atoms with van der Waals surface area (Å²) in [5, 5.41) is 5.30. The zero-order chi connectivity index (χ0) is 32.6. The number of hydrogen-bond donors (Lipinski definition) is 1. The van der Waals surface area contributed by atoms with E-state index in [1.165, 1.54) is 23.5 Å². The highest BCUT2D eigenvalue weighted by Crippen LogP contribution is 2.28. The first-order valence-electron chi connectivity index (χ1n) is 14.4. The fourth-order valence-corrected chi connectivity index (χ4v) is 5.81. The van der Waals surface area contributed by atoms with Gasteiger partial charge in [0.05, 0.1) is 18.6 Å². The van der Waals surface area contributed by atoms with Crippen molar-refractivity contribution < 1.29 is 31.9 Å². The average molecular weight is 657 g/mol. The van der Waals surface area contributed by atoms with Crippen LogP contribution in [0.15, 0.2) is 72.8 Å². The Labute approximate surface area is 266 Å². The quantitative estimate of drug-likeness (QED) is 0.189. The number of halogens is 1. The number of imidazole rings is 1. The number of sulfone groups is 1. The molecule has 45 heavy (non-hydrogen) atoms. The molecule has 10 nitrogen and oxygen atoms in total. The summed E-state index contributed by atoms with van der Waals surface area (Å²) < 4.78 is 51.1. The molecule has 0 saturated carbocycles. The van der Waals surface area contributed by atoms with Gasteiger partial charge in [-0.3, -0.25) is 4.79 Å². The van der Waals surface area contributed by atoms with E-state index < -0.39 is 39.5 Å². The molecule has 0 bridgehead atoms. The van der Waals surface area contributed by atoms with E-state index in [1.807, 2.05) is 16.1 Å². The Morgan fingerprint density at radius 3 is 2.47 bits per heavy atom. The molecule has 1 N–H and O–H groups in total. The maximum absolute atomic E-state index is 13.9. The van der Waals surface area contributed by atoms with Crippen LogP contribution in [-0.4, -0.2) is 58.5 Å². The van der Waals surface area contributed by atoms with Crippen molar-refractivity contribution in [2.45, 2.75) is 64.3 Å². The predicted molar refractivity (Wildman–Crippen MR) is 169 cm³/mol. The molecule has 0 saturated heterocycles. The van der Waals surface area contributed by atoms with Crippen LogP contribution >= 0.6 is 11.3 Å². The molecule has 2 aromatic heterocycles. The van der Waals surface area contributed by atoms with Gasteiger partial charge in [-0.15, -0.1) is 11.3 Å². The molecular weight excluding hydrogens is 620 g/mol. The third-order valence-electron chi connectivity index (χ3n) is 6.64. The summed E-state index contributed by atoms with van der Waals surface area (Å²) in [6.07, 6.45) is 8.23. The van der Waals surface area contributed by atoms with Crippen LogP contribution in [-0.2, 0) is 38.8 Å².